The number of carbonyl (C=O) groups is 2. The number of hydrogen-bond acceptors (Lipinski definition) is 3. The van der Waals surface area contributed by atoms with Crippen LogP contribution < -0.4 is 5.73 Å². The molecular weight excluding hydrogens is 514 g/mol. The van der Waals surface area contributed by atoms with Crippen molar-refractivity contribution in [3.63, 3.8) is 0 Å². The Morgan fingerprint density at radius 2 is 0.675 bits per heavy atom. The predicted octanol–water partition coefficient (Wildman–Crippen LogP) is 11.9. The predicted molar refractivity (Wildman–Crippen MR) is 180 cm³/mol. The van der Waals surface area contributed by atoms with Gasteiger partial charge >= 0.3 is 0 Å². The zero-order valence-corrected chi connectivity index (χ0v) is 28.5. The van der Waals surface area contributed by atoms with Crippen LogP contribution in [0.15, 0.2) is 0 Å². The van der Waals surface area contributed by atoms with Gasteiger partial charge in [0.05, 0.1) is 5.41 Å². The highest BCUT2D eigenvalue weighted by atomic mass is 35.5. The summed E-state index contributed by atoms with van der Waals surface area (Å²) in [6, 6.07) is -0.415. The van der Waals surface area contributed by atoms with Gasteiger partial charge < -0.3 is 5.73 Å². The maximum atomic E-state index is 13.1. The first-order valence-electron chi connectivity index (χ1n) is 17.7. The van der Waals surface area contributed by atoms with E-state index in [2.05, 4.69) is 13.8 Å². The lowest BCUT2D eigenvalue weighted by Crippen LogP contribution is -2.49. The van der Waals surface area contributed by atoms with Crippen LogP contribution in [-0.4, -0.2) is 17.6 Å². The number of carbonyl (C=O) groups excluding carboxylic acids is 2. The maximum absolute atomic E-state index is 13.1. The van der Waals surface area contributed by atoms with Crippen molar-refractivity contribution in [1.82, 2.24) is 0 Å². The number of ketones is 2. The van der Waals surface area contributed by atoms with Gasteiger partial charge in [0, 0.05) is 18.9 Å². The van der Waals surface area contributed by atoms with Crippen molar-refractivity contribution in [3.8, 4) is 0 Å². The Morgan fingerprint density at radius 1 is 0.475 bits per heavy atom. The molecule has 0 aromatic rings. The molecule has 4 heteroatoms. The molecule has 0 aliphatic heterocycles. The first-order valence-corrected chi connectivity index (χ1v) is 17.7. The quantitative estimate of drug-likeness (QED) is 0.0649. The topological polar surface area (TPSA) is 60.2 Å². The number of rotatable bonds is 31. The number of halogens is 1. The van der Waals surface area contributed by atoms with Crippen molar-refractivity contribution in [2.45, 2.75) is 214 Å². The Balaban J connectivity index is 0. The molecule has 1 atom stereocenters. The molecule has 40 heavy (non-hydrogen) atoms. The second-order valence-corrected chi connectivity index (χ2v) is 12.8. The van der Waals surface area contributed by atoms with Crippen molar-refractivity contribution >= 4 is 24.0 Å². The summed E-state index contributed by atoms with van der Waals surface area (Å²) in [5.41, 5.74) is 5.21. The molecule has 0 saturated heterocycles. The van der Waals surface area contributed by atoms with Crippen LogP contribution in [-0.2, 0) is 9.59 Å². The maximum Gasteiger partial charge on any atom is 0.147 e. The minimum atomic E-state index is -1.01. The van der Waals surface area contributed by atoms with Crippen LogP contribution in [0, 0.1) is 5.41 Å². The van der Waals surface area contributed by atoms with Crippen LogP contribution in [0.25, 0.3) is 0 Å². The zero-order valence-electron chi connectivity index (χ0n) is 27.7. The van der Waals surface area contributed by atoms with E-state index in [9.17, 15) is 9.59 Å². The fourth-order valence-electron chi connectivity index (χ4n) is 5.79. The molecule has 3 nitrogen and oxygen atoms in total. The highest BCUT2D eigenvalue weighted by molar-refractivity contribution is 6.07. The van der Waals surface area contributed by atoms with Crippen molar-refractivity contribution < 1.29 is 9.59 Å². The molecular formula is C36H72ClNO2. The molecule has 0 fully saturated rings. The Hall–Kier alpha value is -0.410. The molecule has 0 aromatic carbocycles. The van der Waals surface area contributed by atoms with Gasteiger partial charge in [-0.05, 0) is 26.7 Å². The largest absolute Gasteiger partial charge is 0.327 e. The summed E-state index contributed by atoms with van der Waals surface area (Å²) in [5, 5.41) is 0. The van der Waals surface area contributed by atoms with Crippen LogP contribution in [0.1, 0.15) is 207 Å². The van der Waals surface area contributed by atoms with Crippen molar-refractivity contribution in [1.29, 1.82) is 0 Å². The van der Waals surface area contributed by atoms with Crippen molar-refractivity contribution in [2.75, 3.05) is 0 Å². The molecule has 0 spiro atoms. The Bertz CT molecular complexity index is 521. The molecule has 0 aliphatic rings. The Kier molecular flexibility index (Phi) is 31.4. The first kappa shape index (κ1) is 41.7. The number of Topliss-reactive ketones (excluding diaryl/α,β-unsaturated/α-hetero) is 2. The van der Waals surface area contributed by atoms with Crippen LogP contribution in [0.4, 0.5) is 0 Å². The molecule has 0 saturated carbocycles. The summed E-state index contributed by atoms with van der Waals surface area (Å²) < 4.78 is 0. The third-order valence-corrected chi connectivity index (χ3v) is 9.08. The van der Waals surface area contributed by atoms with Gasteiger partial charge in [0.15, 0.2) is 0 Å². The van der Waals surface area contributed by atoms with E-state index in [4.69, 9.17) is 5.73 Å². The van der Waals surface area contributed by atoms with Gasteiger partial charge in [-0.15, -0.1) is 12.4 Å². The average Bonchev–Trinajstić information content (AvgIpc) is 2.92. The third kappa shape index (κ3) is 22.2. The fourth-order valence-corrected chi connectivity index (χ4v) is 5.79. The second-order valence-electron chi connectivity index (χ2n) is 12.8. The van der Waals surface area contributed by atoms with Gasteiger partial charge in [0.25, 0.3) is 0 Å². The van der Waals surface area contributed by atoms with E-state index in [1.54, 1.807) is 0 Å². The van der Waals surface area contributed by atoms with Gasteiger partial charge in [0.1, 0.15) is 11.6 Å². The number of unbranched alkanes of at least 4 members (excludes halogenated alkanes) is 24. The molecule has 1 unspecified atom stereocenters. The van der Waals surface area contributed by atoms with Gasteiger partial charge in [-0.2, -0.15) is 0 Å². The number of nitrogens with two attached hydrogens (primary N) is 1. The fraction of sp³-hybridized carbons (Fsp3) is 0.944. The third-order valence-electron chi connectivity index (χ3n) is 9.08. The zero-order chi connectivity index (χ0) is 29.0. The van der Waals surface area contributed by atoms with Crippen LogP contribution >= 0.6 is 12.4 Å². The lowest BCUT2D eigenvalue weighted by Gasteiger charge is -2.30. The van der Waals surface area contributed by atoms with Crippen LogP contribution in [0.5, 0.6) is 0 Å². The minimum Gasteiger partial charge on any atom is -0.327 e. The van der Waals surface area contributed by atoms with Crippen LogP contribution in [0.2, 0.25) is 0 Å². The van der Waals surface area contributed by atoms with Gasteiger partial charge in [-0.1, -0.05) is 168 Å². The van der Waals surface area contributed by atoms with E-state index in [0.717, 1.165) is 25.7 Å². The SMILES string of the molecule is CCCCCCCCCCCCCCCC(=O)C(C)(C(=O)CCCCCCCCCCCCCCC)C(C)N.Cl. The molecule has 0 aromatic heterocycles. The monoisotopic (exact) mass is 586 g/mol. The average molecular weight is 586 g/mol. The first-order chi connectivity index (χ1) is 18.9. The van der Waals surface area contributed by atoms with E-state index in [-0.39, 0.29) is 24.0 Å². The van der Waals surface area contributed by atoms with E-state index in [0.29, 0.717) is 12.8 Å². The summed E-state index contributed by atoms with van der Waals surface area (Å²) in [6.07, 6.45) is 34.6. The smallest absolute Gasteiger partial charge is 0.147 e. The van der Waals surface area contributed by atoms with E-state index >= 15 is 0 Å². The van der Waals surface area contributed by atoms with E-state index in [1.807, 2.05) is 13.8 Å². The lowest BCUT2D eigenvalue weighted by atomic mass is 9.72. The highest BCUT2D eigenvalue weighted by Crippen LogP contribution is 2.29. The minimum absolute atomic E-state index is 0. The lowest BCUT2D eigenvalue weighted by molar-refractivity contribution is -0.141. The molecule has 0 rings (SSSR count). The molecule has 2 N–H and O–H groups in total. The summed E-state index contributed by atoms with van der Waals surface area (Å²) in [7, 11) is 0. The van der Waals surface area contributed by atoms with Gasteiger partial charge in [0.2, 0.25) is 0 Å². The standard InChI is InChI=1S/C36H71NO2.ClH/c1-5-7-9-11-13-15-17-19-21-23-25-27-29-31-34(38)36(4,33(3)37)35(39)32-30-28-26-24-22-20-18-16-14-12-10-8-6-2;/h33H,5-32,37H2,1-4H3;1H. The highest BCUT2D eigenvalue weighted by Gasteiger charge is 2.42. The molecule has 0 bridgehead atoms. The van der Waals surface area contributed by atoms with E-state index < -0.39 is 11.5 Å². The van der Waals surface area contributed by atoms with Gasteiger partial charge in [-0.25, -0.2) is 0 Å². The van der Waals surface area contributed by atoms with Gasteiger partial charge in [-0.3, -0.25) is 9.59 Å². The summed E-state index contributed by atoms with van der Waals surface area (Å²) in [4.78, 5) is 26.2. The molecule has 0 aliphatic carbocycles. The van der Waals surface area contributed by atoms with Crippen LogP contribution in [0.3, 0.4) is 0 Å². The van der Waals surface area contributed by atoms with Crippen molar-refractivity contribution in [2.24, 2.45) is 11.1 Å². The van der Waals surface area contributed by atoms with E-state index in [1.165, 1.54) is 141 Å². The Morgan fingerprint density at radius 3 is 0.875 bits per heavy atom. The summed E-state index contributed by atoms with van der Waals surface area (Å²) >= 11 is 0. The molecule has 240 valence electrons. The molecule has 0 heterocycles. The summed E-state index contributed by atoms with van der Waals surface area (Å²) in [5.74, 6) is 0.139. The Labute approximate surface area is 257 Å². The van der Waals surface area contributed by atoms with Crippen molar-refractivity contribution in [3.05, 3.63) is 0 Å². The number of hydrogen-bond donors (Lipinski definition) is 1. The molecule has 0 radical (unpaired) electrons. The second kappa shape index (κ2) is 30.1. The normalized spacial score (nSPS) is 12.3. The molecule has 0 amide bonds. The summed E-state index contributed by atoms with van der Waals surface area (Å²) in [6.45, 7) is 8.19.